The van der Waals surface area contributed by atoms with Gasteiger partial charge in [0.2, 0.25) is 27.9 Å². The van der Waals surface area contributed by atoms with Gasteiger partial charge in [0.25, 0.3) is 5.91 Å². The Kier molecular flexibility index (Phi) is 8.09. The molecule has 1 fully saturated rings. The molecule has 38 heavy (non-hydrogen) atoms. The zero-order valence-corrected chi connectivity index (χ0v) is 22.4. The van der Waals surface area contributed by atoms with Gasteiger partial charge >= 0.3 is 0 Å². The molecule has 2 N–H and O–H groups in total. The fourth-order valence-electron chi connectivity index (χ4n) is 3.63. The van der Waals surface area contributed by atoms with E-state index in [1.165, 1.54) is 40.3 Å². The van der Waals surface area contributed by atoms with Gasteiger partial charge in [0.05, 0.1) is 23.9 Å². The van der Waals surface area contributed by atoms with Crippen LogP contribution in [-0.4, -0.2) is 73.6 Å². The SMILES string of the molecule is O=C(CSc1nnc(NC(=O)c2ccc(S(=O)(=O)N3CCOCC3)cc2)s1)NCc1ccc2c(c1)OCO2. The topological polar surface area (TPSA) is 149 Å². The van der Waals surface area contributed by atoms with Crippen molar-refractivity contribution in [1.29, 1.82) is 0 Å². The Bertz CT molecular complexity index is 1420. The summed E-state index contributed by atoms with van der Waals surface area (Å²) in [5, 5.41) is 13.7. The first-order chi connectivity index (χ1) is 18.4. The number of nitrogens with one attached hydrogen (secondary N) is 2. The molecule has 2 amide bonds. The lowest BCUT2D eigenvalue weighted by Crippen LogP contribution is -2.40. The van der Waals surface area contributed by atoms with Crippen molar-refractivity contribution < 1.29 is 32.2 Å². The number of anilines is 1. The summed E-state index contributed by atoms with van der Waals surface area (Å²) >= 11 is 2.34. The van der Waals surface area contributed by atoms with E-state index < -0.39 is 15.9 Å². The molecule has 15 heteroatoms. The van der Waals surface area contributed by atoms with Crippen molar-refractivity contribution in [2.24, 2.45) is 0 Å². The highest BCUT2D eigenvalue weighted by atomic mass is 32.2. The predicted octanol–water partition coefficient (Wildman–Crippen LogP) is 1.95. The standard InChI is InChI=1S/C23H23N5O7S3/c29-20(24-12-15-1-6-18-19(11-15)35-14-34-18)13-36-23-27-26-22(37-23)25-21(30)16-2-4-17(5-3-16)38(31,32)28-7-9-33-10-8-28/h1-6,11H,7-10,12-14H2,(H,24,29)(H,25,26,30). The van der Waals surface area contributed by atoms with E-state index in [0.29, 0.717) is 48.7 Å². The van der Waals surface area contributed by atoms with Gasteiger partial charge < -0.3 is 19.5 Å². The highest BCUT2D eigenvalue weighted by Gasteiger charge is 2.26. The molecule has 0 radical (unpaired) electrons. The number of ether oxygens (including phenoxy) is 3. The van der Waals surface area contributed by atoms with E-state index in [1.807, 2.05) is 12.1 Å². The fourth-order valence-corrected chi connectivity index (χ4v) is 6.62. The van der Waals surface area contributed by atoms with Crippen LogP contribution in [0.5, 0.6) is 11.5 Å². The number of benzene rings is 2. The van der Waals surface area contributed by atoms with Crippen LogP contribution in [0.2, 0.25) is 0 Å². The smallest absolute Gasteiger partial charge is 0.257 e. The van der Waals surface area contributed by atoms with Crippen LogP contribution in [0, 0.1) is 0 Å². The molecule has 12 nitrogen and oxygen atoms in total. The largest absolute Gasteiger partial charge is 0.454 e. The molecule has 200 valence electrons. The van der Waals surface area contributed by atoms with E-state index in [-0.39, 0.29) is 34.0 Å². The molecule has 0 unspecified atom stereocenters. The van der Waals surface area contributed by atoms with Gasteiger partial charge in [-0.15, -0.1) is 10.2 Å². The Morgan fingerprint density at radius 1 is 1.03 bits per heavy atom. The lowest BCUT2D eigenvalue weighted by Gasteiger charge is -2.26. The number of thioether (sulfide) groups is 1. The molecule has 5 rings (SSSR count). The summed E-state index contributed by atoms with van der Waals surface area (Å²) in [6.45, 7) is 1.84. The van der Waals surface area contributed by atoms with Crippen molar-refractivity contribution in [3.63, 3.8) is 0 Å². The Balaban J connectivity index is 1.09. The van der Waals surface area contributed by atoms with Crippen molar-refractivity contribution in [2.75, 3.05) is 44.2 Å². The molecule has 2 aliphatic rings. The van der Waals surface area contributed by atoms with E-state index in [1.54, 1.807) is 6.07 Å². The maximum atomic E-state index is 12.7. The third kappa shape index (κ3) is 6.24. The summed E-state index contributed by atoms with van der Waals surface area (Å²) in [4.78, 5) is 25.0. The number of hydrogen-bond donors (Lipinski definition) is 2. The normalized spacial score (nSPS) is 15.3. The molecular weight excluding hydrogens is 554 g/mol. The monoisotopic (exact) mass is 577 g/mol. The van der Waals surface area contributed by atoms with Crippen LogP contribution in [0.3, 0.4) is 0 Å². The maximum Gasteiger partial charge on any atom is 0.257 e. The minimum absolute atomic E-state index is 0.113. The molecular formula is C23H23N5O7S3. The fraction of sp³-hybridized carbons (Fsp3) is 0.304. The average molecular weight is 578 g/mol. The van der Waals surface area contributed by atoms with Gasteiger partial charge in [-0.25, -0.2) is 8.42 Å². The van der Waals surface area contributed by atoms with Gasteiger partial charge in [-0.05, 0) is 42.0 Å². The van der Waals surface area contributed by atoms with Gasteiger partial charge in [-0.1, -0.05) is 29.2 Å². The van der Waals surface area contributed by atoms with Gasteiger partial charge in [0.1, 0.15) is 0 Å². The van der Waals surface area contributed by atoms with E-state index in [4.69, 9.17) is 14.2 Å². The molecule has 0 atom stereocenters. The van der Waals surface area contributed by atoms with Crippen LogP contribution in [0.1, 0.15) is 15.9 Å². The minimum Gasteiger partial charge on any atom is -0.454 e. The summed E-state index contributed by atoms with van der Waals surface area (Å²) in [5.74, 6) is 0.841. The summed E-state index contributed by atoms with van der Waals surface area (Å²) in [5.41, 5.74) is 1.17. The Labute approximate surface area is 226 Å². The molecule has 0 bridgehead atoms. The highest BCUT2D eigenvalue weighted by Crippen LogP contribution is 2.32. The molecule has 2 aliphatic heterocycles. The first-order valence-electron chi connectivity index (χ1n) is 11.5. The predicted molar refractivity (Wildman–Crippen MR) is 139 cm³/mol. The number of rotatable bonds is 9. The zero-order chi connectivity index (χ0) is 26.5. The molecule has 3 aromatic rings. The van der Waals surface area contributed by atoms with Crippen LogP contribution >= 0.6 is 23.1 Å². The summed E-state index contributed by atoms with van der Waals surface area (Å²) in [6, 6.07) is 11.2. The number of morpholine rings is 1. The number of aromatic nitrogens is 2. The second-order valence-corrected chi connectivity index (χ2v) is 12.3. The summed E-state index contributed by atoms with van der Waals surface area (Å²) < 4.78 is 43.2. The van der Waals surface area contributed by atoms with Crippen LogP contribution < -0.4 is 20.1 Å². The number of nitrogens with zero attached hydrogens (tertiary/aromatic N) is 3. The van der Waals surface area contributed by atoms with Crippen molar-refractivity contribution in [1.82, 2.24) is 19.8 Å². The molecule has 0 aliphatic carbocycles. The second kappa shape index (κ2) is 11.7. The first kappa shape index (κ1) is 26.4. The average Bonchev–Trinajstić information content (AvgIpc) is 3.60. The van der Waals surface area contributed by atoms with Crippen molar-refractivity contribution in [3.8, 4) is 11.5 Å². The first-order valence-corrected chi connectivity index (χ1v) is 14.7. The minimum atomic E-state index is -3.64. The lowest BCUT2D eigenvalue weighted by atomic mass is 10.2. The number of sulfonamides is 1. The van der Waals surface area contributed by atoms with Crippen molar-refractivity contribution in [2.45, 2.75) is 15.8 Å². The number of carbonyl (C=O) groups excluding carboxylic acids is 2. The van der Waals surface area contributed by atoms with E-state index in [2.05, 4.69) is 20.8 Å². The number of fused-ring (bicyclic) bond motifs is 1. The van der Waals surface area contributed by atoms with Gasteiger partial charge in [0, 0.05) is 25.2 Å². The van der Waals surface area contributed by atoms with E-state index in [0.717, 1.165) is 16.9 Å². The quantitative estimate of drug-likeness (QED) is 0.285. The zero-order valence-electron chi connectivity index (χ0n) is 19.9. The van der Waals surface area contributed by atoms with Crippen molar-refractivity contribution in [3.05, 3.63) is 53.6 Å². The van der Waals surface area contributed by atoms with Crippen LogP contribution in [0.4, 0.5) is 5.13 Å². The maximum absolute atomic E-state index is 12.7. The Hall–Kier alpha value is -3.24. The molecule has 1 saturated heterocycles. The van der Waals surface area contributed by atoms with Crippen LogP contribution in [-0.2, 0) is 26.1 Å². The highest BCUT2D eigenvalue weighted by molar-refractivity contribution is 8.01. The second-order valence-electron chi connectivity index (χ2n) is 8.12. The van der Waals surface area contributed by atoms with Crippen LogP contribution in [0.25, 0.3) is 0 Å². The number of hydrogen-bond acceptors (Lipinski definition) is 11. The molecule has 0 saturated carbocycles. The van der Waals surface area contributed by atoms with Crippen LogP contribution in [0.15, 0.2) is 51.7 Å². The molecule has 0 spiro atoms. The van der Waals surface area contributed by atoms with Crippen molar-refractivity contribution >= 4 is 50.1 Å². The molecule has 2 aromatic carbocycles. The Morgan fingerprint density at radius 3 is 2.58 bits per heavy atom. The number of carbonyl (C=O) groups is 2. The van der Waals surface area contributed by atoms with Gasteiger partial charge in [0.15, 0.2) is 15.8 Å². The third-order valence-electron chi connectivity index (χ3n) is 5.60. The van der Waals surface area contributed by atoms with Gasteiger partial charge in [-0.3, -0.25) is 14.9 Å². The molecule has 1 aromatic heterocycles. The molecule has 3 heterocycles. The summed E-state index contributed by atoms with van der Waals surface area (Å²) in [7, 11) is -3.64. The summed E-state index contributed by atoms with van der Waals surface area (Å²) in [6.07, 6.45) is 0. The van der Waals surface area contributed by atoms with E-state index in [9.17, 15) is 18.0 Å². The Morgan fingerprint density at radius 2 is 1.79 bits per heavy atom. The van der Waals surface area contributed by atoms with E-state index >= 15 is 0 Å². The number of amides is 2. The lowest BCUT2D eigenvalue weighted by molar-refractivity contribution is -0.118. The third-order valence-corrected chi connectivity index (χ3v) is 9.49. The van der Waals surface area contributed by atoms with Gasteiger partial charge in [-0.2, -0.15) is 4.31 Å².